The van der Waals surface area contributed by atoms with Gasteiger partial charge < -0.3 is 13.5 Å². The molecule has 5 nitrogen and oxygen atoms in total. The van der Waals surface area contributed by atoms with Crippen molar-refractivity contribution >= 4 is 103 Å². The summed E-state index contributed by atoms with van der Waals surface area (Å²) in [6.07, 6.45) is 0. The van der Waals surface area contributed by atoms with E-state index in [0.29, 0.717) is 11.1 Å². The fraction of sp³-hybridized carbons (Fsp3) is 0. The van der Waals surface area contributed by atoms with Crippen LogP contribution in [0.4, 0.5) is 0 Å². The third kappa shape index (κ3) is 3.75. The summed E-state index contributed by atoms with van der Waals surface area (Å²) >= 11 is 0. The summed E-state index contributed by atoms with van der Waals surface area (Å²) in [6, 6.07) is 63.0. The summed E-state index contributed by atoms with van der Waals surface area (Å²) in [5, 5.41) is 33.6. The first kappa shape index (κ1) is 30.2. The second-order valence-corrected chi connectivity index (χ2v) is 15.1. The van der Waals surface area contributed by atoms with Crippen LogP contribution in [0.1, 0.15) is 11.1 Å². The lowest BCUT2D eigenvalue weighted by Gasteiger charge is -2.16. The van der Waals surface area contributed by atoms with E-state index in [9.17, 15) is 10.5 Å². The zero-order valence-electron chi connectivity index (χ0n) is 30.3. The van der Waals surface area contributed by atoms with E-state index in [0.717, 1.165) is 76.8 Å². The molecule has 0 aliphatic heterocycles. The van der Waals surface area contributed by atoms with E-state index < -0.39 is 0 Å². The Labute approximate surface area is 324 Å². The van der Waals surface area contributed by atoms with Crippen molar-refractivity contribution in [2.24, 2.45) is 0 Å². The lowest BCUT2D eigenvalue weighted by atomic mass is 9.99. The first-order valence-electron chi connectivity index (χ1n) is 19.1. The quantitative estimate of drug-likeness (QED) is 0.178. The Morgan fingerprint density at radius 2 is 0.737 bits per heavy atom. The van der Waals surface area contributed by atoms with Gasteiger partial charge in [0.1, 0.15) is 0 Å². The minimum atomic E-state index is 0.650. The van der Waals surface area contributed by atoms with Crippen molar-refractivity contribution in [2.75, 3.05) is 0 Å². The monoisotopic (exact) mass is 721 g/mol. The number of nitrogens with zero attached hydrogens (tertiary/aromatic N) is 5. The van der Waals surface area contributed by atoms with Crippen LogP contribution in [0.15, 0.2) is 164 Å². The van der Waals surface area contributed by atoms with Gasteiger partial charge in [-0.05, 0) is 71.4 Å². The molecule has 260 valence electrons. The van der Waals surface area contributed by atoms with E-state index in [-0.39, 0.29) is 0 Å². The Balaban J connectivity index is 1.26. The van der Waals surface area contributed by atoms with Crippen molar-refractivity contribution < 1.29 is 0 Å². The highest BCUT2D eigenvalue weighted by molar-refractivity contribution is 6.31. The minimum absolute atomic E-state index is 0.650. The molecule has 0 amide bonds. The summed E-state index contributed by atoms with van der Waals surface area (Å²) in [5.41, 5.74) is 11.4. The molecule has 13 rings (SSSR count). The Morgan fingerprint density at radius 1 is 0.333 bits per heavy atom. The normalized spacial score (nSPS) is 12.2. The van der Waals surface area contributed by atoms with E-state index in [1.807, 2.05) is 24.3 Å². The molecule has 0 radical (unpaired) electrons. The van der Waals surface area contributed by atoms with Gasteiger partial charge in [-0.3, -0.25) is 0 Å². The Morgan fingerprint density at radius 3 is 1.21 bits per heavy atom. The average molecular weight is 722 g/mol. The van der Waals surface area contributed by atoms with Crippen molar-refractivity contribution in [2.45, 2.75) is 0 Å². The summed E-state index contributed by atoms with van der Waals surface area (Å²) < 4.78 is 7.36. The first-order chi connectivity index (χ1) is 28.2. The number of fused-ring (bicyclic) bond motifs is 14. The van der Waals surface area contributed by atoms with Crippen molar-refractivity contribution in [1.82, 2.24) is 13.5 Å². The molecule has 0 bridgehead atoms. The topological polar surface area (TPSA) is 61.8 Å². The molecule has 0 aliphatic carbocycles. The summed E-state index contributed by atoms with van der Waals surface area (Å²) in [7, 11) is 0. The van der Waals surface area contributed by atoms with Crippen LogP contribution in [0.3, 0.4) is 0 Å². The van der Waals surface area contributed by atoms with Crippen LogP contribution in [0.25, 0.3) is 115 Å². The third-order valence-corrected chi connectivity index (χ3v) is 12.3. The van der Waals surface area contributed by atoms with Crippen LogP contribution in [0.2, 0.25) is 0 Å². The van der Waals surface area contributed by atoms with E-state index in [1.54, 1.807) is 0 Å². The van der Waals surface area contributed by atoms with Crippen molar-refractivity contribution in [3.8, 4) is 23.5 Å². The largest absolute Gasteiger partial charge is 0.308 e. The molecule has 0 spiro atoms. The number of para-hydroxylation sites is 3. The highest BCUT2D eigenvalue weighted by Crippen LogP contribution is 2.49. The number of benzene rings is 9. The molecule has 0 N–H and O–H groups in total. The lowest BCUT2D eigenvalue weighted by molar-refractivity contribution is 1.21. The van der Waals surface area contributed by atoms with Gasteiger partial charge in [0, 0.05) is 53.9 Å². The van der Waals surface area contributed by atoms with Crippen molar-refractivity contribution in [3.63, 3.8) is 0 Å². The van der Waals surface area contributed by atoms with Crippen LogP contribution in [0, 0.1) is 22.7 Å². The van der Waals surface area contributed by atoms with Gasteiger partial charge >= 0.3 is 0 Å². The number of nitriles is 2. The van der Waals surface area contributed by atoms with E-state index in [2.05, 4.69) is 165 Å². The number of rotatable bonds is 2. The molecule has 0 unspecified atom stereocenters. The van der Waals surface area contributed by atoms with Crippen LogP contribution in [-0.4, -0.2) is 13.5 Å². The highest BCUT2D eigenvalue weighted by Gasteiger charge is 2.27. The molecule has 4 aromatic heterocycles. The smallest absolute Gasteiger partial charge is 0.0991 e. The molecular formula is C52H27N5. The number of hydrogen-bond acceptors (Lipinski definition) is 2. The summed E-state index contributed by atoms with van der Waals surface area (Å²) in [5.74, 6) is 0. The fourth-order valence-corrected chi connectivity index (χ4v) is 10.1. The van der Waals surface area contributed by atoms with Crippen LogP contribution < -0.4 is 0 Å². The van der Waals surface area contributed by atoms with Gasteiger partial charge in [-0.15, -0.1) is 0 Å². The zero-order valence-corrected chi connectivity index (χ0v) is 30.3. The molecule has 0 saturated heterocycles. The predicted molar refractivity (Wildman–Crippen MR) is 234 cm³/mol. The van der Waals surface area contributed by atoms with E-state index in [4.69, 9.17) is 0 Å². The van der Waals surface area contributed by atoms with Crippen LogP contribution >= 0.6 is 0 Å². The van der Waals surface area contributed by atoms with Crippen LogP contribution in [-0.2, 0) is 0 Å². The fourth-order valence-electron chi connectivity index (χ4n) is 10.1. The molecule has 0 aliphatic rings. The molecule has 5 heteroatoms. The molecule has 0 atom stereocenters. The highest BCUT2D eigenvalue weighted by atomic mass is 15.0. The van der Waals surface area contributed by atoms with Gasteiger partial charge in [0.2, 0.25) is 0 Å². The van der Waals surface area contributed by atoms with Gasteiger partial charge in [-0.25, -0.2) is 0 Å². The maximum Gasteiger partial charge on any atom is 0.0991 e. The van der Waals surface area contributed by atoms with Crippen molar-refractivity contribution in [3.05, 3.63) is 175 Å². The Hall–Kier alpha value is -8.12. The molecule has 0 fully saturated rings. The molecule has 0 saturated carbocycles. The Kier molecular flexibility index (Phi) is 5.71. The molecular weight excluding hydrogens is 695 g/mol. The second kappa shape index (κ2) is 10.8. The molecule has 57 heavy (non-hydrogen) atoms. The molecule has 9 aromatic carbocycles. The van der Waals surface area contributed by atoms with Gasteiger partial charge in [0.15, 0.2) is 0 Å². The second-order valence-electron chi connectivity index (χ2n) is 15.1. The standard InChI is InChI=1S/C52H27N5/c53-28-30-20-22-44-40(24-30)36-14-5-7-18-42(36)55(44)51-34-12-3-1-10-32(34)26-46-48(51)38-16-9-17-39-49-47(57(46)50(38)39)27-33-11-2-4-13-35(33)52(49)56-43-19-8-6-15-37(43)41-25-31(29-54)21-23-45(41)56/h1-27H. The zero-order chi connectivity index (χ0) is 37.5. The molecule has 13 aromatic rings. The lowest BCUT2D eigenvalue weighted by Crippen LogP contribution is -1.98. The minimum Gasteiger partial charge on any atom is -0.308 e. The molecule has 4 heterocycles. The SMILES string of the molecule is N#Cc1ccc2c(c1)c1ccccc1n2-c1c2ccccc2cc2c1c1cccc3c4c(-n5c6ccccc6c6cc(C#N)ccc65)c5ccccc5cc4n2c13. The maximum absolute atomic E-state index is 9.91. The Bertz CT molecular complexity index is 3750. The van der Waals surface area contributed by atoms with Gasteiger partial charge in [-0.2, -0.15) is 10.5 Å². The predicted octanol–water partition coefficient (Wildman–Crippen LogP) is 13.1. The maximum atomic E-state index is 9.91. The van der Waals surface area contributed by atoms with Gasteiger partial charge in [-0.1, -0.05) is 103 Å². The summed E-state index contributed by atoms with van der Waals surface area (Å²) in [4.78, 5) is 0. The first-order valence-corrected chi connectivity index (χ1v) is 19.1. The van der Waals surface area contributed by atoms with E-state index >= 15 is 0 Å². The van der Waals surface area contributed by atoms with Gasteiger partial charge in [0.05, 0.1) is 73.3 Å². The van der Waals surface area contributed by atoms with Crippen molar-refractivity contribution in [1.29, 1.82) is 10.5 Å². The van der Waals surface area contributed by atoms with Gasteiger partial charge in [0.25, 0.3) is 0 Å². The number of hydrogen-bond donors (Lipinski definition) is 0. The average Bonchev–Trinajstić information content (AvgIpc) is 3.99. The number of aromatic nitrogens is 3. The van der Waals surface area contributed by atoms with Crippen LogP contribution in [0.5, 0.6) is 0 Å². The van der Waals surface area contributed by atoms with E-state index in [1.165, 1.54) is 37.8 Å². The summed E-state index contributed by atoms with van der Waals surface area (Å²) in [6.45, 7) is 0. The third-order valence-electron chi connectivity index (χ3n) is 12.3.